The number of aliphatic hydroxyl groups is 1. The van der Waals surface area contributed by atoms with Crippen LogP contribution in [-0.4, -0.2) is 45.3 Å². The van der Waals surface area contributed by atoms with Gasteiger partial charge in [0.25, 0.3) is 11.5 Å². The van der Waals surface area contributed by atoms with Crippen molar-refractivity contribution in [1.29, 1.82) is 0 Å². The van der Waals surface area contributed by atoms with Crippen molar-refractivity contribution >= 4 is 5.91 Å². The Morgan fingerprint density at radius 3 is 2.94 bits per heavy atom. The Labute approximate surface area is 105 Å². The number of nitrogens with one attached hydrogen (secondary N) is 1. The Morgan fingerprint density at radius 1 is 1.56 bits per heavy atom. The molecule has 0 radical (unpaired) electrons. The lowest BCUT2D eigenvalue weighted by molar-refractivity contribution is 0.0674. The van der Waals surface area contributed by atoms with Gasteiger partial charge < -0.3 is 10.0 Å². The number of H-pyrrole nitrogens is 1. The van der Waals surface area contributed by atoms with Crippen molar-refractivity contribution < 1.29 is 9.90 Å². The van der Waals surface area contributed by atoms with E-state index in [0.29, 0.717) is 17.8 Å². The Hall–Kier alpha value is -1.69. The number of rotatable bonds is 2. The third kappa shape index (κ3) is 2.03. The van der Waals surface area contributed by atoms with E-state index in [1.807, 2.05) is 0 Å². The van der Waals surface area contributed by atoms with Gasteiger partial charge in [-0.15, -0.1) is 0 Å². The van der Waals surface area contributed by atoms with Crippen LogP contribution in [0.3, 0.4) is 0 Å². The molecule has 1 saturated heterocycles. The van der Waals surface area contributed by atoms with Crippen LogP contribution in [0.15, 0.2) is 4.79 Å². The standard InChI is InChI=1S/C12H17N3O3/c1-7-8(2)13-14-11(17)10(7)12(18)15-5-3-4-9(15)6-16/h9,16H,3-6H2,1-2H3,(H,14,17)/t9-/m1/s1. The van der Waals surface area contributed by atoms with Gasteiger partial charge in [0.2, 0.25) is 0 Å². The number of nitrogens with zero attached hydrogens (tertiary/aromatic N) is 2. The first kappa shape index (κ1) is 12.8. The molecule has 0 spiro atoms. The molecule has 6 nitrogen and oxygen atoms in total. The first-order valence-electron chi connectivity index (χ1n) is 6.04. The zero-order valence-electron chi connectivity index (χ0n) is 10.6. The van der Waals surface area contributed by atoms with Crippen molar-refractivity contribution in [3.05, 3.63) is 27.2 Å². The van der Waals surface area contributed by atoms with Gasteiger partial charge in [-0.1, -0.05) is 0 Å². The number of hydrogen-bond donors (Lipinski definition) is 2. The van der Waals surface area contributed by atoms with E-state index < -0.39 is 5.56 Å². The summed E-state index contributed by atoms with van der Waals surface area (Å²) in [4.78, 5) is 25.7. The third-order valence-corrected chi connectivity index (χ3v) is 3.53. The van der Waals surface area contributed by atoms with Crippen molar-refractivity contribution in [3.8, 4) is 0 Å². The Kier molecular flexibility index (Phi) is 3.47. The summed E-state index contributed by atoms with van der Waals surface area (Å²) in [6.45, 7) is 3.99. The molecule has 98 valence electrons. The number of hydrogen-bond acceptors (Lipinski definition) is 4. The van der Waals surface area contributed by atoms with Crippen LogP contribution in [0.2, 0.25) is 0 Å². The van der Waals surface area contributed by atoms with Crippen molar-refractivity contribution in [3.63, 3.8) is 0 Å². The van der Waals surface area contributed by atoms with E-state index in [-0.39, 0.29) is 24.1 Å². The summed E-state index contributed by atoms with van der Waals surface area (Å²) >= 11 is 0. The van der Waals surface area contributed by atoms with Gasteiger partial charge in [-0.3, -0.25) is 9.59 Å². The first-order chi connectivity index (χ1) is 8.56. The van der Waals surface area contributed by atoms with E-state index >= 15 is 0 Å². The molecule has 0 unspecified atom stereocenters. The fraction of sp³-hybridized carbons (Fsp3) is 0.583. The molecule has 1 amide bonds. The molecule has 6 heteroatoms. The van der Waals surface area contributed by atoms with Gasteiger partial charge in [-0.05, 0) is 32.3 Å². The number of carbonyl (C=O) groups excluding carboxylic acids is 1. The highest BCUT2D eigenvalue weighted by atomic mass is 16.3. The molecule has 18 heavy (non-hydrogen) atoms. The van der Waals surface area contributed by atoms with Gasteiger partial charge in [0.1, 0.15) is 5.56 Å². The highest BCUT2D eigenvalue weighted by Crippen LogP contribution is 2.20. The second-order valence-corrected chi connectivity index (χ2v) is 4.62. The van der Waals surface area contributed by atoms with Crippen LogP contribution >= 0.6 is 0 Å². The first-order valence-corrected chi connectivity index (χ1v) is 6.04. The number of aromatic nitrogens is 2. The van der Waals surface area contributed by atoms with Crippen molar-refractivity contribution in [2.45, 2.75) is 32.7 Å². The quantitative estimate of drug-likeness (QED) is 0.773. The maximum atomic E-state index is 12.4. The number of aromatic amines is 1. The second-order valence-electron chi connectivity index (χ2n) is 4.62. The molecule has 2 heterocycles. The molecule has 0 saturated carbocycles. The Balaban J connectivity index is 2.40. The minimum Gasteiger partial charge on any atom is -0.394 e. The molecule has 1 aromatic rings. The summed E-state index contributed by atoms with van der Waals surface area (Å²) in [6, 6.07) is -0.176. The number of aryl methyl sites for hydroxylation is 1. The molecular weight excluding hydrogens is 234 g/mol. The van der Waals surface area contributed by atoms with E-state index in [4.69, 9.17) is 0 Å². The summed E-state index contributed by atoms with van der Waals surface area (Å²) < 4.78 is 0. The normalized spacial score (nSPS) is 19.3. The van der Waals surface area contributed by atoms with E-state index in [0.717, 1.165) is 12.8 Å². The summed E-state index contributed by atoms with van der Waals surface area (Å²) in [5.74, 6) is -0.309. The lowest BCUT2D eigenvalue weighted by Crippen LogP contribution is -2.40. The highest BCUT2D eigenvalue weighted by molar-refractivity contribution is 5.95. The van der Waals surface area contributed by atoms with Crippen LogP contribution in [0.1, 0.15) is 34.5 Å². The van der Waals surface area contributed by atoms with Crippen LogP contribution in [0.5, 0.6) is 0 Å². The second kappa shape index (κ2) is 4.89. The van der Waals surface area contributed by atoms with Gasteiger partial charge in [-0.25, -0.2) is 5.10 Å². The van der Waals surface area contributed by atoms with E-state index in [1.165, 1.54) is 0 Å². The lowest BCUT2D eigenvalue weighted by atomic mass is 10.1. The van der Waals surface area contributed by atoms with Gasteiger partial charge in [0, 0.05) is 6.54 Å². The zero-order valence-corrected chi connectivity index (χ0v) is 10.6. The molecule has 2 rings (SSSR count). The van der Waals surface area contributed by atoms with Crippen molar-refractivity contribution in [1.82, 2.24) is 15.1 Å². The molecule has 0 bridgehead atoms. The minimum atomic E-state index is -0.466. The topological polar surface area (TPSA) is 86.3 Å². The Bertz CT molecular complexity index is 524. The maximum absolute atomic E-state index is 12.4. The molecule has 2 N–H and O–H groups in total. The SMILES string of the molecule is Cc1n[nH]c(=O)c(C(=O)N2CCC[C@@H]2CO)c1C. The summed E-state index contributed by atoms with van der Waals surface area (Å²) in [7, 11) is 0. The van der Waals surface area contributed by atoms with Crippen LogP contribution < -0.4 is 5.56 Å². The highest BCUT2D eigenvalue weighted by Gasteiger charge is 2.31. The third-order valence-electron chi connectivity index (χ3n) is 3.53. The molecule has 1 atom stereocenters. The Morgan fingerprint density at radius 2 is 2.28 bits per heavy atom. The van der Waals surface area contributed by atoms with Crippen LogP contribution in [0.25, 0.3) is 0 Å². The van der Waals surface area contributed by atoms with Gasteiger partial charge in [-0.2, -0.15) is 5.10 Å². The molecule has 0 aliphatic carbocycles. The van der Waals surface area contributed by atoms with Gasteiger partial charge in [0.15, 0.2) is 0 Å². The summed E-state index contributed by atoms with van der Waals surface area (Å²) in [5, 5.41) is 15.4. The number of aliphatic hydroxyl groups excluding tert-OH is 1. The number of carbonyl (C=O) groups is 1. The fourth-order valence-electron chi connectivity index (χ4n) is 2.32. The minimum absolute atomic E-state index is 0.0627. The van der Waals surface area contributed by atoms with Gasteiger partial charge >= 0.3 is 0 Å². The predicted octanol–water partition coefficient (Wildman–Crippen LogP) is -0.0164. The number of likely N-dealkylation sites (tertiary alicyclic amines) is 1. The van der Waals surface area contributed by atoms with Crippen LogP contribution in [-0.2, 0) is 0 Å². The molecule has 1 aromatic heterocycles. The molecule has 0 aromatic carbocycles. The largest absolute Gasteiger partial charge is 0.394 e. The number of amides is 1. The van der Waals surface area contributed by atoms with Crippen molar-refractivity contribution in [2.24, 2.45) is 0 Å². The average Bonchev–Trinajstić information content (AvgIpc) is 2.82. The van der Waals surface area contributed by atoms with Crippen LogP contribution in [0.4, 0.5) is 0 Å². The molecule has 1 fully saturated rings. The van der Waals surface area contributed by atoms with E-state index in [9.17, 15) is 14.7 Å². The van der Waals surface area contributed by atoms with E-state index in [2.05, 4.69) is 10.2 Å². The lowest BCUT2D eigenvalue weighted by Gasteiger charge is -2.23. The molecule has 1 aliphatic rings. The molecule has 1 aliphatic heterocycles. The molecular formula is C12H17N3O3. The summed E-state index contributed by atoms with van der Waals surface area (Å²) in [5.41, 5.74) is 0.916. The monoisotopic (exact) mass is 251 g/mol. The van der Waals surface area contributed by atoms with Gasteiger partial charge in [0.05, 0.1) is 18.3 Å². The fourth-order valence-corrected chi connectivity index (χ4v) is 2.32. The maximum Gasteiger partial charge on any atom is 0.277 e. The predicted molar refractivity (Wildman–Crippen MR) is 65.5 cm³/mol. The smallest absolute Gasteiger partial charge is 0.277 e. The summed E-state index contributed by atoms with van der Waals surface area (Å²) in [6.07, 6.45) is 1.64. The van der Waals surface area contributed by atoms with Crippen molar-refractivity contribution in [2.75, 3.05) is 13.2 Å². The average molecular weight is 251 g/mol. The van der Waals surface area contributed by atoms with Crippen LogP contribution in [0, 0.1) is 13.8 Å². The van der Waals surface area contributed by atoms with E-state index in [1.54, 1.807) is 18.7 Å². The zero-order chi connectivity index (χ0) is 13.3.